The summed E-state index contributed by atoms with van der Waals surface area (Å²) in [6, 6.07) is 3.83. The number of hydrogen-bond acceptors (Lipinski definition) is 5. The van der Waals surface area contributed by atoms with Crippen molar-refractivity contribution in [2.24, 2.45) is 0 Å². The van der Waals surface area contributed by atoms with Gasteiger partial charge in [0.05, 0.1) is 20.8 Å². The minimum absolute atomic E-state index is 0. The molecule has 82 valence electrons. The normalized spacial score (nSPS) is 10.6. The van der Waals surface area contributed by atoms with Gasteiger partial charge in [0.25, 0.3) is 5.69 Å². The van der Waals surface area contributed by atoms with Crippen molar-refractivity contribution in [2.75, 3.05) is 0 Å². The predicted octanol–water partition coefficient (Wildman–Crippen LogP) is -2.05. The zero-order valence-corrected chi connectivity index (χ0v) is 11.7. The van der Waals surface area contributed by atoms with Crippen LogP contribution in [0.4, 0.5) is 5.69 Å². The molecular weight excluding hydrogens is 245 g/mol. The second-order valence-electron chi connectivity index (χ2n) is 3.14. The molecule has 0 spiro atoms. The Morgan fingerprint density at radius 3 is 2.31 bits per heavy atom. The average molecular weight is 253 g/mol. The molecule has 1 aromatic carbocycles. The first-order chi connectivity index (χ1) is 6.78. The van der Waals surface area contributed by atoms with Crippen LogP contribution in [0.15, 0.2) is 18.2 Å². The number of benzene rings is 1. The molecule has 0 fully saturated rings. The van der Waals surface area contributed by atoms with Gasteiger partial charge in [-0.1, -0.05) is 6.07 Å². The van der Waals surface area contributed by atoms with Crippen LogP contribution in [-0.4, -0.2) is 17.9 Å². The van der Waals surface area contributed by atoms with E-state index in [1.807, 2.05) is 0 Å². The fourth-order valence-electron chi connectivity index (χ4n) is 1.23. The quantitative estimate of drug-likeness (QED) is 0.267. The van der Waals surface area contributed by atoms with Crippen LogP contribution in [0.2, 0.25) is 0 Å². The van der Waals surface area contributed by atoms with Gasteiger partial charge >= 0.3 is 29.6 Å². The summed E-state index contributed by atoms with van der Waals surface area (Å²) < 4.78 is 31.4. The van der Waals surface area contributed by atoms with Crippen molar-refractivity contribution in [3.63, 3.8) is 0 Å². The maximum Gasteiger partial charge on any atom is 1.00 e. The average Bonchev–Trinajstić information content (AvgIpc) is 1.99. The molecule has 0 saturated carbocycles. The molecule has 0 atom stereocenters. The molecule has 0 radical (unpaired) electrons. The van der Waals surface area contributed by atoms with Crippen LogP contribution in [-0.2, 0) is 15.9 Å². The van der Waals surface area contributed by atoms with Gasteiger partial charge in [0.2, 0.25) is 0 Å². The summed E-state index contributed by atoms with van der Waals surface area (Å²) in [5.41, 5.74) is 0.466. The topological polar surface area (TPSA) is 100 Å². The Morgan fingerprint density at radius 1 is 1.31 bits per heavy atom. The molecular formula is C8H8NNaO5S. The van der Waals surface area contributed by atoms with E-state index in [1.54, 1.807) is 6.92 Å². The summed E-state index contributed by atoms with van der Waals surface area (Å²) in [6.07, 6.45) is 0. The molecule has 0 bridgehead atoms. The Balaban J connectivity index is 0.00000225. The van der Waals surface area contributed by atoms with Crippen molar-refractivity contribution in [2.45, 2.75) is 12.7 Å². The molecule has 8 heteroatoms. The van der Waals surface area contributed by atoms with Crippen LogP contribution in [0.25, 0.3) is 0 Å². The second kappa shape index (κ2) is 5.74. The first kappa shape index (κ1) is 15.5. The monoisotopic (exact) mass is 253 g/mol. The molecule has 0 N–H and O–H groups in total. The van der Waals surface area contributed by atoms with E-state index in [1.165, 1.54) is 12.1 Å². The smallest absolute Gasteiger partial charge is 0.748 e. The zero-order chi connectivity index (χ0) is 11.6. The summed E-state index contributed by atoms with van der Waals surface area (Å²) in [7, 11) is -4.41. The summed E-state index contributed by atoms with van der Waals surface area (Å²) in [5.74, 6) is -0.727. The van der Waals surface area contributed by atoms with Gasteiger partial charge in [-0.25, -0.2) is 8.42 Å². The van der Waals surface area contributed by atoms with E-state index in [9.17, 15) is 23.1 Å². The van der Waals surface area contributed by atoms with Gasteiger partial charge in [-0.2, -0.15) is 0 Å². The van der Waals surface area contributed by atoms with Crippen LogP contribution in [0.5, 0.6) is 0 Å². The molecule has 16 heavy (non-hydrogen) atoms. The van der Waals surface area contributed by atoms with Crippen molar-refractivity contribution in [3.8, 4) is 0 Å². The Morgan fingerprint density at radius 2 is 1.88 bits per heavy atom. The third kappa shape index (κ3) is 5.04. The van der Waals surface area contributed by atoms with Gasteiger partial charge < -0.3 is 4.55 Å². The van der Waals surface area contributed by atoms with Crippen molar-refractivity contribution >= 4 is 15.8 Å². The van der Waals surface area contributed by atoms with Crippen LogP contribution in [0, 0.1) is 17.0 Å². The molecule has 0 heterocycles. The molecule has 0 aromatic heterocycles. The minimum atomic E-state index is -4.41. The third-order valence-electron chi connectivity index (χ3n) is 1.68. The predicted molar refractivity (Wildman–Crippen MR) is 51.2 cm³/mol. The van der Waals surface area contributed by atoms with Crippen LogP contribution in [0.3, 0.4) is 0 Å². The molecule has 6 nitrogen and oxygen atoms in total. The van der Waals surface area contributed by atoms with Crippen molar-refractivity contribution in [1.82, 2.24) is 0 Å². The van der Waals surface area contributed by atoms with Gasteiger partial charge in [0.1, 0.15) is 0 Å². The summed E-state index contributed by atoms with van der Waals surface area (Å²) in [6.45, 7) is 1.59. The first-order valence-corrected chi connectivity index (χ1v) is 5.54. The standard InChI is InChI=1S/C8H9NO5S.Na/c1-6-2-7(5-15(12,13)14)4-8(3-6)9(10)11;/h2-4H,5H2,1H3,(H,12,13,14);/q;+1/p-1. The number of nitro groups is 1. The van der Waals surface area contributed by atoms with E-state index in [-0.39, 0.29) is 40.8 Å². The van der Waals surface area contributed by atoms with Crippen molar-refractivity contribution in [3.05, 3.63) is 39.4 Å². The summed E-state index contributed by atoms with van der Waals surface area (Å²) in [4.78, 5) is 9.82. The van der Waals surface area contributed by atoms with Gasteiger partial charge in [-0.05, 0) is 18.1 Å². The van der Waals surface area contributed by atoms with E-state index in [0.717, 1.165) is 6.07 Å². The van der Waals surface area contributed by atoms with Gasteiger partial charge in [-0.15, -0.1) is 0 Å². The third-order valence-corrected chi connectivity index (χ3v) is 2.36. The Hall–Kier alpha value is -0.470. The number of nitrogens with zero attached hydrogens (tertiary/aromatic N) is 1. The van der Waals surface area contributed by atoms with Gasteiger partial charge in [-0.3, -0.25) is 10.1 Å². The molecule has 0 aliphatic heterocycles. The zero-order valence-electron chi connectivity index (χ0n) is 8.84. The number of rotatable bonds is 3. The molecule has 0 saturated heterocycles. The van der Waals surface area contributed by atoms with Crippen LogP contribution in [0.1, 0.15) is 11.1 Å². The number of hydrogen-bond donors (Lipinski definition) is 0. The van der Waals surface area contributed by atoms with Gasteiger partial charge in [0.15, 0.2) is 0 Å². The fourth-order valence-corrected chi connectivity index (χ4v) is 1.81. The van der Waals surface area contributed by atoms with E-state index in [0.29, 0.717) is 5.56 Å². The fraction of sp³-hybridized carbons (Fsp3) is 0.250. The Kier molecular flexibility index (Phi) is 5.57. The number of nitro benzene ring substituents is 1. The Labute approximate surface area is 115 Å². The SMILES string of the molecule is Cc1cc(CS(=O)(=O)[O-])cc([N+](=O)[O-])c1.[Na+]. The molecule has 0 unspecified atom stereocenters. The minimum Gasteiger partial charge on any atom is -0.748 e. The van der Waals surface area contributed by atoms with Crippen LogP contribution < -0.4 is 29.6 Å². The number of non-ortho nitro benzene ring substituents is 1. The molecule has 1 rings (SSSR count). The summed E-state index contributed by atoms with van der Waals surface area (Å²) in [5, 5.41) is 10.4. The van der Waals surface area contributed by atoms with Crippen molar-refractivity contribution < 1.29 is 47.5 Å². The largest absolute Gasteiger partial charge is 1.00 e. The maximum absolute atomic E-state index is 10.5. The molecule has 1 aromatic rings. The summed E-state index contributed by atoms with van der Waals surface area (Å²) >= 11 is 0. The van der Waals surface area contributed by atoms with E-state index >= 15 is 0 Å². The van der Waals surface area contributed by atoms with Crippen LogP contribution >= 0.6 is 0 Å². The Bertz CT molecular complexity index is 499. The van der Waals surface area contributed by atoms with E-state index in [2.05, 4.69) is 0 Å². The molecule has 0 aliphatic carbocycles. The van der Waals surface area contributed by atoms with E-state index < -0.39 is 20.8 Å². The van der Waals surface area contributed by atoms with Crippen molar-refractivity contribution in [1.29, 1.82) is 0 Å². The maximum atomic E-state index is 10.5. The second-order valence-corrected chi connectivity index (χ2v) is 4.54. The molecule has 0 aliphatic rings. The first-order valence-electron chi connectivity index (χ1n) is 3.96. The van der Waals surface area contributed by atoms with E-state index in [4.69, 9.17) is 0 Å². The number of aryl methyl sites for hydroxylation is 1. The van der Waals surface area contributed by atoms with Gasteiger partial charge in [0, 0.05) is 12.1 Å². The molecule has 0 amide bonds.